The maximum atomic E-state index is 6.28. The summed E-state index contributed by atoms with van der Waals surface area (Å²) in [7, 11) is 0. The number of hydrogen-bond donors (Lipinski definition) is 1. The van der Waals surface area contributed by atoms with Crippen molar-refractivity contribution in [3.8, 4) is 0 Å². The second kappa shape index (κ2) is 5.50. The summed E-state index contributed by atoms with van der Waals surface area (Å²) in [5, 5.41) is 2.17. The molecule has 2 rings (SSSR count). The van der Waals surface area contributed by atoms with Crippen molar-refractivity contribution in [2.45, 2.75) is 26.3 Å². The number of hydrogen-bond acceptors (Lipinski definition) is 2. The highest BCUT2D eigenvalue weighted by Gasteiger charge is 2.11. The number of rotatable bonds is 3. The Bertz CT molecular complexity index is 498. The monoisotopic (exact) mass is 357 g/mol. The summed E-state index contributed by atoms with van der Waals surface area (Å²) in [6.07, 6.45) is 0.922. The smallest absolute Gasteiger partial charge is 0.0656 e. The molecule has 0 spiro atoms. The molecular formula is C14H16INS. The minimum atomic E-state index is 0.106. The molecule has 1 atom stereocenters. The molecular weight excluding hydrogens is 341 g/mol. The van der Waals surface area contributed by atoms with Crippen LogP contribution in [0.4, 0.5) is 0 Å². The Hall–Kier alpha value is -0.390. The predicted octanol–water partition coefficient (Wildman–Crippen LogP) is 4.21. The normalized spacial score (nSPS) is 12.7. The van der Waals surface area contributed by atoms with Gasteiger partial charge in [0.05, 0.1) is 2.88 Å². The van der Waals surface area contributed by atoms with Crippen molar-refractivity contribution in [3.63, 3.8) is 0 Å². The van der Waals surface area contributed by atoms with E-state index < -0.39 is 0 Å². The van der Waals surface area contributed by atoms with E-state index in [1.807, 2.05) is 0 Å². The minimum absolute atomic E-state index is 0.106. The van der Waals surface area contributed by atoms with E-state index in [-0.39, 0.29) is 6.04 Å². The molecule has 0 aliphatic carbocycles. The quantitative estimate of drug-likeness (QED) is 0.819. The fourth-order valence-electron chi connectivity index (χ4n) is 2.03. The average Bonchev–Trinajstić information content (AvgIpc) is 2.70. The lowest BCUT2D eigenvalue weighted by Gasteiger charge is -2.14. The summed E-state index contributed by atoms with van der Waals surface area (Å²) < 4.78 is 1.30. The topological polar surface area (TPSA) is 26.0 Å². The highest BCUT2D eigenvalue weighted by Crippen LogP contribution is 2.25. The molecule has 0 radical (unpaired) electrons. The van der Waals surface area contributed by atoms with E-state index in [9.17, 15) is 0 Å². The summed E-state index contributed by atoms with van der Waals surface area (Å²) >= 11 is 4.10. The zero-order valence-electron chi connectivity index (χ0n) is 10.0. The second-order valence-electron chi connectivity index (χ2n) is 4.37. The minimum Gasteiger partial charge on any atom is -0.324 e. The van der Waals surface area contributed by atoms with E-state index >= 15 is 0 Å². The van der Waals surface area contributed by atoms with Gasteiger partial charge in [-0.2, -0.15) is 0 Å². The molecule has 0 aliphatic heterocycles. The Balaban J connectivity index is 2.21. The molecule has 1 heterocycles. The highest BCUT2D eigenvalue weighted by molar-refractivity contribution is 14.1. The van der Waals surface area contributed by atoms with Gasteiger partial charge in [-0.15, -0.1) is 11.3 Å². The molecule has 2 aromatic rings. The van der Waals surface area contributed by atoms with Gasteiger partial charge in [0.2, 0.25) is 0 Å². The Morgan fingerprint density at radius 2 is 1.94 bits per heavy atom. The zero-order chi connectivity index (χ0) is 12.4. The van der Waals surface area contributed by atoms with Gasteiger partial charge in [-0.3, -0.25) is 0 Å². The lowest BCUT2D eigenvalue weighted by molar-refractivity contribution is 0.718. The van der Waals surface area contributed by atoms with Gasteiger partial charge >= 0.3 is 0 Å². The van der Waals surface area contributed by atoms with Crippen LogP contribution in [0.2, 0.25) is 0 Å². The van der Waals surface area contributed by atoms with Crippen LogP contribution in [0.25, 0.3) is 0 Å². The van der Waals surface area contributed by atoms with Crippen LogP contribution in [-0.4, -0.2) is 0 Å². The number of aryl methyl sites for hydroxylation is 2. The van der Waals surface area contributed by atoms with E-state index in [4.69, 9.17) is 5.73 Å². The van der Waals surface area contributed by atoms with E-state index in [2.05, 4.69) is 66.1 Å². The van der Waals surface area contributed by atoms with Gasteiger partial charge in [0.15, 0.2) is 0 Å². The number of thiophene rings is 1. The molecule has 0 fully saturated rings. The van der Waals surface area contributed by atoms with Crippen molar-refractivity contribution in [2.24, 2.45) is 5.73 Å². The zero-order valence-corrected chi connectivity index (χ0v) is 13.0. The Morgan fingerprint density at radius 1 is 1.29 bits per heavy atom. The second-order valence-corrected chi connectivity index (χ2v) is 7.17. The van der Waals surface area contributed by atoms with Gasteiger partial charge < -0.3 is 5.73 Å². The molecule has 1 aromatic carbocycles. The molecule has 0 saturated heterocycles. The Kier molecular flexibility index (Phi) is 4.22. The maximum Gasteiger partial charge on any atom is 0.0656 e. The van der Waals surface area contributed by atoms with E-state index in [1.165, 1.54) is 25.1 Å². The molecule has 0 saturated carbocycles. The van der Waals surface area contributed by atoms with Crippen LogP contribution in [0.1, 0.15) is 28.3 Å². The van der Waals surface area contributed by atoms with Crippen LogP contribution in [0.5, 0.6) is 0 Å². The van der Waals surface area contributed by atoms with Crippen molar-refractivity contribution < 1.29 is 0 Å². The predicted molar refractivity (Wildman–Crippen MR) is 83.6 cm³/mol. The third-order valence-electron chi connectivity index (χ3n) is 3.08. The number of halogens is 1. The fourth-order valence-corrected chi connectivity index (χ4v) is 3.46. The Labute approximate surface area is 120 Å². The van der Waals surface area contributed by atoms with Crippen LogP contribution < -0.4 is 5.73 Å². The van der Waals surface area contributed by atoms with E-state index in [0.717, 1.165) is 6.42 Å². The number of nitrogens with two attached hydrogens (primary N) is 1. The summed E-state index contributed by atoms with van der Waals surface area (Å²) in [6, 6.07) is 8.71. The summed E-state index contributed by atoms with van der Waals surface area (Å²) in [5.74, 6) is 0. The van der Waals surface area contributed by atoms with Crippen molar-refractivity contribution in [3.05, 3.63) is 54.8 Å². The van der Waals surface area contributed by atoms with Gasteiger partial charge in [0.25, 0.3) is 0 Å². The first-order valence-corrected chi connectivity index (χ1v) is 7.58. The number of benzene rings is 1. The molecule has 17 heavy (non-hydrogen) atoms. The lowest BCUT2D eigenvalue weighted by Crippen LogP contribution is -2.14. The average molecular weight is 357 g/mol. The van der Waals surface area contributed by atoms with Crippen molar-refractivity contribution in [1.82, 2.24) is 0 Å². The largest absolute Gasteiger partial charge is 0.324 e. The fraction of sp³-hybridized carbons (Fsp3) is 0.286. The van der Waals surface area contributed by atoms with Crippen molar-refractivity contribution in [1.29, 1.82) is 0 Å². The van der Waals surface area contributed by atoms with Crippen LogP contribution in [0.15, 0.2) is 29.6 Å². The standard InChI is InChI=1S/C14H16INS/c1-9-4-3-5-10(2)12(9)7-13(16)11-6-14(15)17-8-11/h3-6,8,13H,7,16H2,1-2H3. The van der Waals surface area contributed by atoms with Gasteiger partial charge in [0, 0.05) is 6.04 Å². The molecule has 1 nitrogen and oxygen atoms in total. The first-order chi connectivity index (χ1) is 8.08. The molecule has 0 bridgehead atoms. The SMILES string of the molecule is Cc1cccc(C)c1CC(N)c1csc(I)c1. The molecule has 0 aliphatic rings. The lowest BCUT2D eigenvalue weighted by atomic mass is 9.94. The molecule has 1 unspecified atom stereocenters. The molecule has 3 heteroatoms. The highest BCUT2D eigenvalue weighted by atomic mass is 127. The van der Waals surface area contributed by atoms with Gasteiger partial charge in [-0.25, -0.2) is 0 Å². The summed E-state index contributed by atoms with van der Waals surface area (Å²) in [4.78, 5) is 0. The van der Waals surface area contributed by atoms with Gasteiger partial charge in [-0.1, -0.05) is 18.2 Å². The first-order valence-electron chi connectivity index (χ1n) is 5.62. The van der Waals surface area contributed by atoms with E-state index in [1.54, 1.807) is 11.3 Å². The van der Waals surface area contributed by atoms with Crippen LogP contribution in [0, 0.1) is 16.7 Å². The summed E-state index contributed by atoms with van der Waals surface area (Å²) in [5.41, 5.74) is 11.6. The maximum absolute atomic E-state index is 6.28. The van der Waals surface area contributed by atoms with Crippen LogP contribution in [0.3, 0.4) is 0 Å². The van der Waals surface area contributed by atoms with Crippen molar-refractivity contribution in [2.75, 3.05) is 0 Å². The summed E-state index contributed by atoms with van der Waals surface area (Å²) in [6.45, 7) is 4.32. The van der Waals surface area contributed by atoms with Gasteiger partial charge in [0.1, 0.15) is 0 Å². The van der Waals surface area contributed by atoms with Crippen LogP contribution in [-0.2, 0) is 6.42 Å². The van der Waals surface area contributed by atoms with E-state index in [0.29, 0.717) is 0 Å². The third kappa shape index (κ3) is 3.09. The van der Waals surface area contributed by atoms with Crippen LogP contribution >= 0.6 is 33.9 Å². The first kappa shape index (κ1) is 13.1. The molecule has 1 aromatic heterocycles. The Morgan fingerprint density at radius 3 is 2.47 bits per heavy atom. The molecule has 90 valence electrons. The van der Waals surface area contributed by atoms with Gasteiger partial charge in [-0.05, 0) is 76.6 Å². The third-order valence-corrected chi connectivity index (χ3v) is 4.89. The molecule has 2 N–H and O–H groups in total. The molecule has 0 amide bonds. The van der Waals surface area contributed by atoms with Crippen molar-refractivity contribution >= 4 is 33.9 Å².